The number of H-pyrrole nitrogens is 1. The second-order valence-corrected chi connectivity index (χ2v) is 5.02. The third-order valence-corrected chi connectivity index (χ3v) is 3.07. The van der Waals surface area contributed by atoms with Gasteiger partial charge in [-0.3, -0.25) is 14.4 Å². The molecule has 7 heteroatoms. The van der Waals surface area contributed by atoms with Gasteiger partial charge in [0.15, 0.2) is 0 Å². The third kappa shape index (κ3) is 4.08. The van der Waals surface area contributed by atoms with E-state index >= 15 is 0 Å². The van der Waals surface area contributed by atoms with E-state index < -0.39 is 23.8 Å². The van der Waals surface area contributed by atoms with Gasteiger partial charge in [0.1, 0.15) is 5.69 Å². The summed E-state index contributed by atoms with van der Waals surface area (Å²) in [6, 6.07) is 8.67. The number of carboxylic acids is 1. The first-order chi connectivity index (χ1) is 10.5. The van der Waals surface area contributed by atoms with Crippen LogP contribution < -0.4 is 10.6 Å². The number of aromatic amines is 1. The van der Waals surface area contributed by atoms with Gasteiger partial charge in [0.2, 0.25) is 5.91 Å². The van der Waals surface area contributed by atoms with E-state index in [1.54, 1.807) is 13.0 Å². The van der Waals surface area contributed by atoms with E-state index in [0.717, 1.165) is 10.9 Å². The predicted octanol–water partition coefficient (Wildman–Crippen LogP) is 0.877. The fourth-order valence-electron chi connectivity index (χ4n) is 2.09. The van der Waals surface area contributed by atoms with Crippen molar-refractivity contribution >= 4 is 28.7 Å². The van der Waals surface area contributed by atoms with Gasteiger partial charge in [0, 0.05) is 16.9 Å². The van der Waals surface area contributed by atoms with Crippen molar-refractivity contribution in [3.63, 3.8) is 0 Å². The Morgan fingerprint density at radius 1 is 1.27 bits per heavy atom. The molecule has 0 fully saturated rings. The van der Waals surface area contributed by atoms with E-state index in [1.165, 1.54) is 0 Å². The van der Waals surface area contributed by atoms with Crippen LogP contribution in [0.25, 0.3) is 10.9 Å². The van der Waals surface area contributed by atoms with Crippen molar-refractivity contribution in [3.8, 4) is 0 Å². The normalized spacial score (nSPS) is 11.9. The van der Waals surface area contributed by atoms with E-state index in [2.05, 4.69) is 15.6 Å². The number of aliphatic carboxylic acids is 1. The molecule has 1 heterocycles. The van der Waals surface area contributed by atoms with Gasteiger partial charge in [0.25, 0.3) is 5.91 Å². The number of carboxylic acid groups (broad SMARTS) is 1. The van der Waals surface area contributed by atoms with E-state index in [-0.39, 0.29) is 13.0 Å². The SMILES string of the molecule is CC(CC(=O)O)NC(=O)CNC(=O)c1cc2ccccc2[nH]1. The molecule has 116 valence electrons. The molecular formula is C15H17N3O4. The van der Waals surface area contributed by atoms with Crippen molar-refractivity contribution in [3.05, 3.63) is 36.0 Å². The van der Waals surface area contributed by atoms with Crippen LogP contribution >= 0.6 is 0 Å². The lowest BCUT2D eigenvalue weighted by Gasteiger charge is -2.11. The summed E-state index contributed by atoms with van der Waals surface area (Å²) in [5, 5.41) is 14.5. The molecule has 0 saturated carbocycles. The van der Waals surface area contributed by atoms with Gasteiger partial charge in [-0.2, -0.15) is 0 Å². The summed E-state index contributed by atoms with van der Waals surface area (Å²) >= 11 is 0. The fraction of sp³-hybridized carbons (Fsp3) is 0.267. The lowest BCUT2D eigenvalue weighted by Crippen LogP contribution is -2.41. The number of fused-ring (bicyclic) bond motifs is 1. The number of hydrogen-bond acceptors (Lipinski definition) is 3. The summed E-state index contributed by atoms with van der Waals surface area (Å²) in [6.07, 6.45) is -0.165. The first kappa shape index (κ1) is 15.6. The highest BCUT2D eigenvalue weighted by Crippen LogP contribution is 2.14. The van der Waals surface area contributed by atoms with E-state index in [1.807, 2.05) is 24.3 Å². The summed E-state index contributed by atoms with van der Waals surface area (Å²) in [7, 11) is 0. The number of nitrogens with one attached hydrogen (secondary N) is 3. The number of aromatic nitrogens is 1. The van der Waals surface area contributed by atoms with Crippen LogP contribution in [0, 0.1) is 0 Å². The van der Waals surface area contributed by atoms with E-state index in [4.69, 9.17) is 5.11 Å². The van der Waals surface area contributed by atoms with Gasteiger partial charge in [0.05, 0.1) is 13.0 Å². The average Bonchev–Trinajstić information content (AvgIpc) is 2.87. The maximum Gasteiger partial charge on any atom is 0.305 e. The van der Waals surface area contributed by atoms with Crippen molar-refractivity contribution in [1.29, 1.82) is 0 Å². The number of hydrogen-bond donors (Lipinski definition) is 4. The zero-order valence-electron chi connectivity index (χ0n) is 12.1. The van der Waals surface area contributed by atoms with Crippen LogP contribution in [0.5, 0.6) is 0 Å². The molecule has 0 aliphatic heterocycles. The second kappa shape index (κ2) is 6.75. The Labute approximate surface area is 126 Å². The second-order valence-electron chi connectivity index (χ2n) is 5.02. The molecule has 1 atom stereocenters. The first-order valence-electron chi connectivity index (χ1n) is 6.83. The van der Waals surface area contributed by atoms with Crippen LogP contribution in [0.15, 0.2) is 30.3 Å². The molecular weight excluding hydrogens is 286 g/mol. The molecule has 0 spiro atoms. The van der Waals surface area contributed by atoms with Crippen LogP contribution in [0.2, 0.25) is 0 Å². The number of amides is 2. The highest BCUT2D eigenvalue weighted by atomic mass is 16.4. The standard InChI is InChI=1S/C15H17N3O4/c1-9(6-14(20)21)17-13(19)8-16-15(22)12-7-10-4-2-3-5-11(10)18-12/h2-5,7,9,18H,6,8H2,1H3,(H,16,22)(H,17,19)(H,20,21). The molecule has 2 rings (SSSR count). The first-order valence-corrected chi connectivity index (χ1v) is 6.83. The minimum absolute atomic E-state index is 0.165. The van der Waals surface area contributed by atoms with Crippen LogP contribution in [-0.2, 0) is 9.59 Å². The van der Waals surface area contributed by atoms with Gasteiger partial charge in [-0.05, 0) is 19.1 Å². The quantitative estimate of drug-likeness (QED) is 0.634. The molecule has 7 nitrogen and oxygen atoms in total. The van der Waals surface area contributed by atoms with Crippen molar-refractivity contribution in [2.24, 2.45) is 0 Å². The Kier molecular flexibility index (Phi) is 4.77. The topological polar surface area (TPSA) is 111 Å². The molecule has 1 aromatic heterocycles. The van der Waals surface area contributed by atoms with Gasteiger partial charge in [-0.15, -0.1) is 0 Å². The molecule has 2 amide bonds. The monoisotopic (exact) mass is 303 g/mol. The molecule has 22 heavy (non-hydrogen) atoms. The maximum absolute atomic E-state index is 12.0. The largest absolute Gasteiger partial charge is 0.481 e. The molecule has 1 aromatic carbocycles. The molecule has 0 radical (unpaired) electrons. The Hall–Kier alpha value is -2.83. The highest BCUT2D eigenvalue weighted by molar-refractivity contribution is 5.99. The molecule has 0 saturated heterocycles. The molecule has 2 aromatic rings. The van der Waals surface area contributed by atoms with E-state index in [9.17, 15) is 14.4 Å². The van der Waals surface area contributed by atoms with Gasteiger partial charge in [-0.25, -0.2) is 0 Å². The number of carbonyl (C=O) groups is 3. The summed E-state index contributed by atoms with van der Waals surface area (Å²) < 4.78 is 0. The number of carbonyl (C=O) groups excluding carboxylic acids is 2. The van der Waals surface area contributed by atoms with Gasteiger partial charge in [-0.1, -0.05) is 18.2 Å². The minimum Gasteiger partial charge on any atom is -0.481 e. The Morgan fingerprint density at radius 2 is 2.00 bits per heavy atom. The minimum atomic E-state index is -0.991. The Bertz CT molecular complexity index is 675. The average molecular weight is 303 g/mol. The fourth-order valence-corrected chi connectivity index (χ4v) is 2.09. The smallest absolute Gasteiger partial charge is 0.305 e. The summed E-state index contributed by atoms with van der Waals surface area (Å²) in [6.45, 7) is 1.38. The molecule has 4 N–H and O–H groups in total. The zero-order chi connectivity index (χ0) is 16.1. The summed E-state index contributed by atoms with van der Waals surface area (Å²) in [5.41, 5.74) is 1.21. The van der Waals surface area contributed by atoms with E-state index in [0.29, 0.717) is 5.69 Å². The summed E-state index contributed by atoms with van der Waals surface area (Å²) in [5.74, 6) is -1.81. The Morgan fingerprint density at radius 3 is 2.68 bits per heavy atom. The van der Waals surface area contributed by atoms with Crippen LogP contribution in [0.3, 0.4) is 0 Å². The number of rotatable bonds is 6. The highest BCUT2D eigenvalue weighted by Gasteiger charge is 2.13. The van der Waals surface area contributed by atoms with Crippen LogP contribution in [0.1, 0.15) is 23.8 Å². The third-order valence-electron chi connectivity index (χ3n) is 3.07. The molecule has 0 aliphatic rings. The van der Waals surface area contributed by atoms with Crippen LogP contribution in [-0.4, -0.2) is 40.5 Å². The molecule has 0 bridgehead atoms. The number of benzene rings is 1. The van der Waals surface area contributed by atoms with Gasteiger partial charge >= 0.3 is 5.97 Å². The van der Waals surface area contributed by atoms with Gasteiger partial charge < -0.3 is 20.7 Å². The molecule has 0 aliphatic carbocycles. The predicted molar refractivity (Wildman–Crippen MR) is 80.5 cm³/mol. The Balaban J connectivity index is 1.87. The molecule has 1 unspecified atom stereocenters. The van der Waals surface area contributed by atoms with Crippen molar-refractivity contribution in [1.82, 2.24) is 15.6 Å². The zero-order valence-corrected chi connectivity index (χ0v) is 12.1. The summed E-state index contributed by atoms with van der Waals surface area (Å²) in [4.78, 5) is 37.0. The van der Waals surface area contributed by atoms with Crippen molar-refractivity contribution < 1.29 is 19.5 Å². The van der Waals surface area contributed by atoms with Crippen molar-refractivity contribution in [2.75, 3.05) is 6.54 Å². The number of para-hydroxylation sites is 1. The van der Waals surface area contributed by atoms with Crippen molar-refractivity contribution in [2.45, 2.75) is 19.4 Å². The lowest BCUT2D eigenvalue weighted by molar-refractivity contribution is -0.137. The lowest BCUT2D eigenvalue weighted by atomic mass is 10.2. The van der Waals surface area contributed by atoms with Crippen LogP contribution in [0.4, 0.5) is 0 Å². The maximum atomic E-state index is 12.0.